The molecule has 1 atom stereocenters. The number of aliphatic hydroxyl groups excluding tert-OH is 1. The van der Waals surface area contributed by atoms with Crippen molar-refractivity contribution in [3.05, 3.63) is 29.3 Å². The van der Waals surface area contributed by atoms with E-state index in [1.165, 1.54) is 5.56 Å². The van der Waals surface area contributed by atoms with Crippen molar-refractivity contribution in [1.29, 1.82) is 0 Å². The molecule has 4 nitrogen and oxygen atoms in total. The number of carbonyl (C=O) groups excluding carboxylic acids is 1. The van der Waals surface area contributed by atoms with E-state index in [-0.39, 0.29) is 18.1 Å². The Morgan fingerprint density at radius 3 is 2.74 bits per heavy atom. The van der Waals surface area contributed by atoms with Crippen molar-refractivity contribution < 1.29 is 9.90 Å². The molecule has 0 radical (unpaired) electrons. The van der Waals surface area contributed by atoms with E-state index in [2.05, 4.69) is 25.2 Å². The van der Waals surface area contributed by atoms with Crippen LogP contribution in [-0.4, -0.2) is 35.7 Å². The quantitative estimate of drug-likeness (QED) is 0.846. The van der Waals surface area contributed by atoms with Crippen molar-refractivity contribution in [3.63, 3.8) is 0 Å². The number of rotatable bonds is 2. The highest BCUT2D eigenvalue weighted by Gasteiger charge is 2.38. The summed E-state index contributed by atoms with van der Waals surface area (Å²) in [5.74, 6) is -0.111. The third-order valence-electron chi connectivity index (χ3n) is 3.76. The SMILES string of the molecule is Cc1cccc(N2CC(C)(C)NC(=O)C2CO)c1C. The minimum Gasteiger partial charge on any atom is -0.394 e. The van der Waals surface area contributed by atoms with Gasteiger partial charge in [-0.1, -0.05) is 12.1 Å². The Balaban J connectivity index is 2.44. The summed E-state index contributed by atoms with van der Waals surface area (Å²) in [4.78, 5) is 14.1. The number of hydrogen-bond donors (Lipinski definition) is 2. The number of benzene rings is 1. The van der Waals surface area contributed by atoms with Gasteiger partial charge in [0.1, 0.15) is 6.04 Å². The molecule has 0 saturated carbocycles. The molecule has 19 heavy (non-hydrogen) atoms. The fourth-order valence-corrected chi connectivity index (χ4v) is 2.62. The predicted molar refractivity (Wildman–Crippen MR) is 76.4 cm³/mol. The maximum absolute atomic E-state index is 12.1. The Labute approximate surface area is 114 Å². The highest BCUT2D eigenvalue weighted by Crippen LogP contribution is 2.28. The summed E-state index contributed by atoms with van der Waals surface area (Å²) in [5.41, 5.74) is 3.09. The van der Waals surface area contributed by atoms with Crippen molar-refractivity contribution in [2.45, 2.75) is 39.3 Å². The van der Waals surface area contributed by atoms with Crippen LogP contribution in [0.2, 0.25) is 0 Å². The summed E-state index contributed by atoms with van der Waals surface area (Å²) in [6.45, 7) is 8.62. The standard InChI is InChI=1S/C15H22N2O2/c1-10-6-5-7-12(11(10)2)17-9-15(3,4)16-14(19)13(17)8-18/h5-7,13,18H,8-9H2,1-4H3,(H,16,19). The van der Waals surface area contributed by atoms with Gasteiger partial charge in [-0.25, -0.2) is 0 Å². The highest BCUT2D eigenvalue weighted by atomic mass is 16.3. The number of aryl methyl sites for hydroxylation is 1. The summed E-state index contributed by atoms with van der Waals surface area (Å²) in [6.07, 6.45) is 0. The summed E-state index contributed by atoms with van der Waals surface area (Å²) >= 11 is 0. The summed E-state index contributed by atoms with van der Waals surface area (Å²) in [5, 5.41) is 12.5. The highest BCUT2D eigenvalue weighted by molar-refractivity contribution is 5.88. The molecule has 1 aliphatic rings. The third-order valence-corrected chi connectivity index (χ3v) is 3.76. The Morgan fingerprint density at radius 1 is 1.42 bits per heavy atom. The molecule has 4 heteroatoms. The van der Waals surface area contributed by atoms with Crippen LogP contribution in [0.3, 0.4) is 0 Å². The molecular weight excluding hydrogens is 240 g/mol. The van der Waals surface area contributed by atoms with E-state index >= 15 is 0 Å². The number of piperazine rings is 1. The molecule has 2 N–H and O–H groups in total. The first-order chi connectivity index (χ1) is 8.85. The van der Waals surface area contributed by atoms with Gasteiger partial charge in [-0.3, -0.25) is 4.79 Å². The van der Waals surface area contributed by atoms with Crippen molar-refractivity contribution in [3.8, 4) is 0 Å². The molecule has 1 aromatic carbocycles. The monoisotopic (exact) mass is 262 g/mol. The van der Waals surface area contributed by atoms with Crippen molar-refractivity contribution >= 4 is 11.6 Å². The van der Waals surface area contributed by atoms with Crippen molar-refractivity contribution in [2.24, 2.45) is 0 Å². The van der Waals surface area contributed by atoms with Crippen LogP contribution in [0.5, 0.6) is 0 Å². The van der Waals surface area contributed by atoms with Crippen LogP contribution < -0.4 is 10.2 Å². The zero-order valence-corrected chi connectivity index (χ0v) is 12.0. The number of anilines is 1. The molecule has 1 saturated heterocycles. The lowest BCUT2D eigenvalue weighted by Gasteiger charge is -2.45. The maximum atomic E-state index is 12.1. The first-order valence-corrected chi connectivity index (χ1v) is 6.61. The third kappa shape index (κ3) is 2.59. The zero-order chi connectivity index (χ0) is 14.2. The van der Waals surface area contributed by atoms with E-state index < -0.39 is 6.04 Å². The second-order valence-corrected chi connectivity index (χ2v) is 5.92. The number of amides is 1. The molecule has 104 valence electrons. The largest absolute Gasteiger partial charge is 0.394 e. The van der Waals surface area contributed by atoms with E-state index in [1.54, 1.807) is 0 Å². The first-order valence-electron chi connectivity index (χ1n) is 6.61. The fourth-order valence-electron chi connectivity index (χ4n) is 2.62. The minimum atomic E-state index is -0.506. The summed E-state index contributed by atoms with van der Waals surface area (Å²) in [7, 11) is 0. The molecule has 1 amide bonds. The lowest BCUT2D eigenvalue weighted by atomic mass is 9.96. The lowest BCUT2D eigenvalue weighted by Crippen LogP contribution is -2.66. The summed E-state index contributed by atoms with van der Waals surface area (Å²) in [6, 6.07) is 5.56. The van der Waals surface area contributed by atoms with Gasteiger partial charge in [0.25, 0.3) is 0 Å². The minimum absolute atomic E-state index is 0.111. The maximum Gasteiger partial charge on any atom is 0.245 e. The van der Waals surface area contributed by atoms with Crippen molar-refractivity contribution in [2.75, 3.05) is 18.1 Å². The molecular formula is C15H22N2O2. The second kappa shape index (κ2) is 4.85. The summed E-state index contributed by atoms with van der Waals surface area (Å²) < 4.78 is 0. The van der Waals surface area contributed by atoms with Gasteiger partial charge in [0, 0.05) is 12.2 Å². The van der Waals surface area contributed by atoms with Gasteiger partial charge < -0.3 is 15.3 Å². The molecule has 0 bridgehead atoms. The van der Waals surface area contributed by atoms with Crippen molar-refractivity contribution in [1.82, 2.24) is 5.32 Å². The van der Waals surface area contributed by atoms with Crippen LogP contribution in [0, 0.1) is 13.8 Å². The van der Waals surface area contributed by atoms with E-state index in [9.17, 15) is 9.90 Å². The predicted octanol–water partition coefficient (Wildman–Crippen LogP) is 1.38. The topological polar surface area (TPSA) is 52.6 Å². The second-order valence-electron chi connectivity index (χ2n) is 5.92. The van der Waals surface area contributed by atoms with Gasteiger partial charge in [-0.05, 0) is 44.9 Å². The van der Waals surface area contributed by atoms with E-state index in [1.807, 2.05) is 30.9 Å². The van der Waals surface area contributed by atoms with E-state index in [0.29, 0.717) is 6.54 Å². The molecule has 1 aromatic rings. The van der Waals surface area contributed by atoms with Gasteiger partial charge in [0.15, 0.2) is 0 Å². The van der Waals surface area contributed by atoms with Crippen LogP contribution in [0.4, 0.5) is 5.69 Å². The molecule has 0 aliphatic carbocycles. The lowest BCUT2D eigenvalue weighted by molar-refractivity contribution is -0.126. The fraction of sp³-hybridized carbons (Fsp3) is 0.533. The number of aliphatic hydroxyl groups is 1. The molecule has 0 spiro atoms. The number of carbonyl (C=O) groups is 1. The Morgan fingerprint density at radius 2 is 2.11 bits per heavy atom. The molecule has 2 rings (SSSR count). The molecule has 1 unspecified atom stereocenters. The molecule has 1 fully saturated rings. The molecule has 0 aromatic heterocycles. The first kappa shape index (κ1) is 13.9. The van der Waals surface area contributed by atoms with Gasteiger partial charge in [-0.2, -0.15) is 0 Å². The van der Waals surface area contributed by atoms with Crippen LogP contribution in [0.15, 0.2) is 18.2 Å². The Bertz CT molecular complexity index is 497. The normalized spacial score (nSPS) is 22.3. The van der Waals surface area contributed by atoms with E-state index in [4.69, 9.17) is 0 Å². The number of nitrogens with zero attached hydrogens (tertiary/aromatic N) is 1. The smallest absolute Gasteiger partial charge is 0.245 e. The zero-order valence-electron chi connectivity index (χ0n) is 12.0. The van der Waals surface area contributed by atoms with Gasteiger partial charge in [-0.15, -0.1) is 0 Å². The van der Waals surface area contributed by atoms with Gasteiger partial charge in [0.05, 0.1) is 12.1 Å². The van der Waals surface area contributed by atoms with Crippen LogP contribution in [0.25, 0.3) is 0 Å². The average Bonchev–Trinajstić information content (AvgIpc) is 2.30. The molecule has 1 heterocycles. The number of nitrogens with one attached hydrogen (secondary N) is 1. The van der Waals surface area contributed by atoms with E-state index in [0.717, 1.165) is 11.3 Å². The number of hydrogen-bond acceptors (Lipinski definition) is 3. The average molecular weight is 262 g/mol. The van der Waals surface area contributed by atoms with Crippen LogP contribution in [0.1, 0.15) is 25.0 Å². The van der Waals surface area contributed by atoms with Gasteiger partial charge in [0.2, 0.25) is 5.91 Å². The van der Waals surface area contributed by atoms with Gasteiger partial charge >= 0.3 is 0 Å². The molecule has 1 aliphatic heterocycles. The van der Waals surface area contributed by atoms with Crippen LogP contribution >= 0.6 is 0 Å². The van der Waals surface area contributed by atoms with Crippen LogP contribution in [-0.2, 0) is 4.79 Å². The Kier molecular flexibility index (Phi) is 3.54. The Hall–Kier alpha value is -1.55.